The fourth-order valence-corrected chi connectivity index (χ4v) is 4.65. The van der Waals surface area contributed by atoms with Gasteiger partial charge in [0.05, 0.1) is 37.3 Å². The molecule has 1 aromatic carbocycles. The number of benzene rings is 1. The lowest BCUT2D eigenvalue weighted by Crippen LogP contribution is -2.43. The third kappa shape index (κ3) is 2.91. The topological polar surface area (TPSA) is 101 Å². The number of hydrogen-bond acceptors (Lipinski definition) is 5. The van der Waals surface area contributed by atoms with Gasteiger partial charge in [0.15, 0.2) is 0 Å². The summed E-state index contributed by atoms with van der Waals surface area (Å²) in [5.41, 5.74) is 0.571. The minimum absolute atomic E-state index is 0.132. The van der Waals surface area contributed by atoms with Crippen molar-refractivity contribution in [3.8, 4) is 0 Å². The second-order valence-corrected chi connectivity index (χ2v) is 7.85. The number of hydrogen-bond donors (Lipinski definition) is 2. The third-order valence-corrected chi connectivity index (χ3v) is 5.92. The zero-order valence-electron chi connectivity index (χ0n) is 16.3. The van der Waals surface area contributed by atoms with Crippen LogP contribution in [0, 0.1) is 11.8 Å². The lowest BCUT2D eigenvalue weighted by atomic mass is 9.77. The van der Waals surface area contributed by atoms with Crippen LogP contribution in [-0.4, -0.2) is 36.0 Å². The average molecular weight is 407 g/mol. The van der Waals surface area contributed by atoms with Crippen molar-refractivity contribution in [1.29, 1.82) is 0 Å². The quantitative estimate of drug-likeness (QED) is 0.737. The molecule has 4 heterocycles. The molecule has 3 amide bonds. The first-order valence-electron chi connectivity index (χ1n) is 9.83. The summed E-state index contributed by atoms with van der Waals surface area (Å²) >= 11 is 0. The Morgan fingerprint density at radius 2 is 2.03 bits per heavy atom. The van der Waals surface area contributed by atoms with E-state index in [1.807, 2.05) is 12.2 Å². The van der Waals surface area contributed by atoms with E-state index in [4.69, 9.17) is 9.15 Å². The number of carbonyl (C=O) groups excluding carboxylic acids is 3. The van der Waals surface area contributed by atoms with Crippen molar-refractivity contribution >= 4 is 29.1 Å². The van der Waals surface area contributed by atoms with Gasteiger partial charge in [-0.25, -0.2) is 0 Å². The molecule has 2 unspecified atom stereocenters. The summed E-state index contributed by atoms with van der Waals surface area (Å²) in [6.45, 7) is 2.06. The smallest absolute Gasteiger partial charge is 0.234 e. The lowest BCUT2D eigenvalue weighted by molar-refractivity contribution is -0.132. The fraction of sp³-hybridized carbons (Fsp3) is 0.318. The van der Waals surface area contributed by atoms with Gasteiger partial charge in [0.25, 0.3) is 0 Å². The summed E-state index contributed by atoms with van der Waals surface area (Å²) in [5.74, 6) is -1.01. The van der Waals surface area contributed by atoms with E-state index in [-0.39, 0.29) is 24.3 Å². The molecular formula is C22H21N3O5. The Labute approximate surface area is 172 Å². The fourth-order valence-electron chi connectivity index (χ4n) is 4.65. The maximum absolute atomic E-state index is 13.3. The van der Waals surface area contributed by atoms with E-state index in [0.717, 1.165) is 0 Å². The zero-order valence-corrected chi connectivity index (χ0v) is 16.3. The first-order valence-corrected chi connectivity index (χ1v) is 9.83. The Balaban J connectivity index is 1.35. The first-order chi connectivity index (χ1) is 14.5. The highest BCUT2D eigenvalue weighted by molar-refractivity contribution is 6.03. The van der Waals surface area contributed by atoms with E-state index in [2.05, 4.69) is 10.6 Å². The van der Waals surface area contributed by atoms with E-state index in [1.54, 1.807) is 47.6 Å². The highest BCUT2D eigenvalue weighted by Gasteiger charge is 2.67. The van der Waals surface area contributed by atoms with Gasteiger partial charge in [-0.05, 0) is 36.4 Å². The molecule has 2 bridgehead atoms. The molecule has 2 N–H and O–H groups in total. The molecule has 8 nitrogen and oxygen atoms in total. The second-order valence-electron chi connectivity index (χ2n) is 7.85. The van der Waals surface area contributed by atoms with Gasteiger partial charge in [-0.3, -0.25) is 14.4 Å². The summed E-state index contributed by atoms with van der Waals surface area (Å²) in [7, 11) is 0. The van der Waals surface area contributed by atoms with Crippen molar-refractivity contribution in [3.05, 3.63) is 60.6 Å². The van der Waals surface area contributed by atoms with Crippen LogP contribution in [0.4, 0.5) is 11.4 Å². The Hall–Kier alpha value is -3.39. The molecule has 0 saturated carbocycles. The maximum atomic E-state index is 13.3. The highest BCUT2D eigenvalue weighted by Crippen LogP contribution is 2.52. The summed E-state index contributed by atoms with van der Waals surface area (Å²) in [6.07, 6.45) is 4.95. The van der Waals surface area contributed by atoms with Crippen LogP contribution in [-0.2, 0) is 25.7 Å². The number of anilines is 2. The van der Waals surface area contributed by atoms with Gasteiger partial charge in [-0.1, -0.05) is 12.2 Å². The lowest BCUT2D eigenvalue weighted by Gasteiger charge is -2.23. The van der Waals surface area contributed by atoms with Crippen LogP contribution < -0.4 is 15.5 Å². The third-order valence-electron chi connectivity index (χ3n) is 5.92. The number of nitrogens with zero attached hydrogens (tertiary/aromatic N) is 1. The Kier molecular flexibility index (Phi) is 4.25. The van der Waals surface area contributed by atoms with Crippen LogP contribution in [0.2, 0.25) is 0 Å². The maximum Gasteiger partial charge on any atom is 0.234 e. The predicted molar refractivity (Wildman–Crippen MR) is 107 cm³/mol. The standard InChI is InChI=1S/C22H21N3O5/c1-13(26)24-14-4-6-15(7-5-14)25-12-22-9-8-17(30-22)18(19(22)21(25)28)20(27)23-11-16-3-2-10-29-16/h2-10,17-19H,11-12H2,1H3,(H,23,27)(H,24,26)/t17-,18?,19?,22-/m1/s1. The number of ether oxygens (including phenoxy) is 1. The molecule has 3 aliphatic heterocycles. The molecule has 0 aliphatic carbocycles. The molecule has 2 aromatic rings. The van der Waals surface area contributed by atoms with Crippen LogP contribution in [0.5, 0.6) is 0 Å². The number of carbonyl (C=O) groups is 3. The molecule has 30 heavy (non-hydrogen) atoms. The van der Waals surface area contributed by atoms with Gasteiger partial charge >= 0.3 is 0 Å². The van der Waals surface area contributed by atoms with Crippen molar-refractivity contribution in [2.45, 2.75) is 25.2 Å². The highest BCUT2D eigenvalue weighted by atomic mass is 16.5. The number of fused-ring (bicyclic) bond motifs is 1. The molecule has 2 fully saturated rings. The van der Waals surface area contributed by atoms with Crippen LogP contribution in [0.15, 0.2) is 59.2 Å². The Morgan fingerprint density at radius 1 is 1.23 bits per heavy atom. The predicted octanol–water partition coefficient (Wildman–Crippen LogP) is 1.84. The molecular weight excluding hydrogens is 386 g/mol. The molecule has 8 heteroatoms. The summed E-state index contributed by atoms with van der Waals surface area (Å²) in [5, 5.41) is 5.57. The van der Waals surface area contributed by atoms with Crippen LogP contribution in [0.3, 0.4) is 0 Å². The monoisotopic (exact) mass is 407 g/mol. The van der Waals surface area contributed by atoms with E-state index in [0.29, 0.717) is 23.7 Å². The van der Waals surface area contributed by atoms with Crippen molar-refractivity contribution in [3.63, 3.8) is 0 Å². The van der Waals surface area contributed by atoms with Gasteiger partial charge in [-0.15, -0.1) is 0 Å². The number of nitrogens with one attached hydrogen (secondary N) is 2. The number of rotatable bonds is 5. The van der Waals surface area contributed by atoms with Gasteiger partial charge in [0, 0.05) is 18.3 Å². The van der Waals surface area contributed by atoms with E-state index >= 15 is 0 Å². The molecule has 0 radical (unpaired) electrons. The minimum atomic E-state index is -0.787. The van der Waals surface area contributed by atoms with Crippen molar-refractivity contribution in [2.24, 2.45) is 11.8 Å². The summed E-state index contributed by atoms with van der Waals surface area (Å²) in [4.78, 5) is 39.1. The molecule has 3 aliphatic rings. The number of furan rings is 1. The molecule has 1 spiro atoms. The van der Waals surface area contributed by atoms with Gasteiger partial charge in [0.1, 0.15) is 11.4 Å². The van der Waals surface area contributed by atoms with E-state index in [1.165, 1.54) is 6.92 Å². The van der Waals surface area contributed by atoms with Gasteiger partial charge in [-0.2, -0.15) is 0 Å². The largest absolute Gasteiger partial charge is 0.467 e. The van der Waals surface area contributed by atoms with Crippen LogP contribution in [0.1, 0.15) is 12.7 Å². The van der Waals surface area contributed by atoms with Crippen molar-refractivity contribution in [1.82, 2.24) is 5.32 Å². The zero-order chi connectivity index (χ0) is 20.9. The first kappa shape index (κ1) is 18.6. The minimum Gasteiger partial charge on any atom is -0.467 e. The molecule has 1 aromatic heterocycles. The van der Waals surface area contributed by atoms with Gasteiger partial charge in [0.2, 0.25) is 17.7 Å². The van der Waals surface area contributed by atoms with Crippen LogP contribution in [0.25, 0.3) is 0 Å². The van der Waals surface area contributed by atoms with Crippen molar-refractivity contribution in [2.75, 3.05) is 16.8 Å². The van der Waals surface area contributed by atoms with Crippen LogP contribution >= 0.6 is 0 Å². The number of amides is 3. The molecule has 5 rings (SSSR count). The Bertz CT molecular complexity index is 1030. The van der Waals surface area contributed by atoms with E-state index in [9.17, 15) is 14.4 Å². The molecule has 154 valence electrons. The molecule has 4 atom stereocenters. The average Bonchev–Trinajstić information content (AvgIpc) is 3.48. The summed E-state index contributed by atoms with van der Waals surface area (Å²) in [6, 6.07) is 10.6. The summed E-state index contributed by atoms with van der Waals surface area (Å²) < 4.78 is 11.4. The SMILES string of the molecule is CC(=O)Nc1ccc(N2C[C@@]34C=C[C@@H](O3)C(C(=O)NCc3ccco3)C4C2=O)cc1. The van der Waals surface area contributed by atoms with E-state index < -0.39 is 23.5 Å². The Morgan fingerprint density at radius 3 is 2.73 bits per heavy atom. The normalized spacial score (nSPS) is 28.6. The molecule has 2 saturated heterocycles. The second kappa shape index (κ2) is 6.84. The van der Waals surface area contributed by atoms with Crippen molar-refractivity contribution < 1.29 is 23.5 Å². The van der Waals surface area contributed by atoms with Gasteiger partial charge < -0.3 is 24.7 Å².